The van der Waals surface area contributed by atoms with Crippen LogP contribution in [-0.2, 0) is 7.05 Å². The van der Waals surface area contributed by atoms with E-state index in [4.69, 9.17) is 5.11 Å². The molecule has 0 bridgehead atoms. The number of aryl methyl sites for hydroxylation is 1. The second kappa shape index (κ2) is 3.69. The molecule has 0 spiro atoms. The summed E-state index contributed by atoms with van der Waals surface area (Å²) >= 11 is 0. The topological polar surface area (TPSA) is 83.8 Å². The van der Waals surface area contributed by atoms with Gasteiger partial charge in [0.2, 0.25) is 0 Å². The number of fused-ring (bicyclic) bond motifs is 1. The molecule has 0 aliphatic rings. The average Bonchev–Trinajstić information content (AvgIpc) is 2.94. The fourth-order valence-corrected chi connectivity index (χ4v) is 1.98. The summed E-state index contributed by atoms with van der Waals surface area (Å²) in [6.07, 6.45) is 1.36. The van der Waals surface area contributed by atoms with Gasteiger partial charge in [0.15, 0.2) is 11.5 Å². The van der Waals surface area contributed by atoms with Gasteiger partial charge < -0.3 is 14.7 Å². The van der Waals surface area contributed by atoms with Crippen LogP contribution in [-0.4, -0.2) is 30.6 Å². The van der Waals surface area contributed by atoms with Gasteiger partial charge in [-0.15, -0.1) is 0 Å². The molecule has 90 valence electrons. The summed E-state index contributed by atoms with van der Waals surface area (Å²) in [5, 5.41) is 9.07. The first kappa shape index (κ1) is 10.5. The van der Waals surface area contributed by atoms with Crippen molar-refractivity contribution in [2.45, 2.75) is 0 Å². The molecule has 0 radical (unpaired) electrons. The number of nitrogens with one attached hydrogen (secondary N) is 1. The summed E-state index contributed by atoms with van der Waals surface area (Å²) < 4.78 is 1.83. The standard InChI is InChI=1S/C12H10N4O2/c1-16-8-5-3-2-4-7(8)15-11(16)9-10(12(17)18)14-6-13-9/h2-6H,1H3,(H,13,14)(H,17,18). The van der Waals surface area contributed by atoms with Crippen molar-refractivity contribution >= 4 is 17.0 Å². The van der Waals surface area contributed by atoms with Crippen molar-refractivity contribution in [1.82, 2.24) is 19.5 Å². The Morgan fingerprint density at radius 1 is 1.39 bits per heavy atom. The lowest BCUT2D eigenvalue weighted by molar-refractivity contribution is 0.0692. The molecule has 0 saturated heterocycles. The normalized spacial score (nSPS) is 10.9. The molecular weight excluding hydrogens is 232 g/mol. The van der Waals surface area contributed by atoms with Gasteiger partial charge in [-0.25, -0.2) is 14.8 Å². The van der Waals surface area contributed by atoms with Gasteiger partial charge in [0, 0.05) is 7.05 Å². The second-order valence-corrected chi connectivity index (χ2v) is 3.91. The number of carbonyl (C=O) groups is 1. The Balaban J connectivity index is 2.29. The molecule has 6 nitrogen and oxygen atoms in total. The van der Waals surface area contributed by atoms with Crippen LogP contribution in [0.25, 0.3) is 22.6 Å². The van der Waals surface area contributed by atoms with E-state index >= 15 is 0 Å². The molecule has 0 amide bonds. The number of nitrogens with zero attached hydrogens (tertiary/aromatic N) is 3. The lowest BCUT2D eigenvalue weighted by Gasteiger charge is -2.00. The highest BCUT2D eigenvalue weighted by Gasteiger charge is 2.19. The van der Waals surface area contributed by atoms with Gasteiger partial charge in [-0.3, -0.25) is 0 Å². The molecule has 2 N–H and O–H groups in total. The number of carboxylic acid groups (broad SMARTS) is 1. The molecule has 1 aromatic carbocycles. The van der Waals surface area contributed by atoms with Crippen LogP contribution < -0.4 is 0 Å². The minimum atomic E-state index is -1.05. The van der Waals surface area contributed by atoms with Gasteiger partial charge >= 0.3 is 5.97 Å². The predicted molar refractivity (Wildman–Crippen MR) is 65.3 cm³/mol. The first-order valence-electron chi connectivity index (χ1n) is 5.37. The monoisotopic (exact) mass is 242 g/mol. The van der Waals surface area contributed by atoms with Crippen LogP contribution in [0.2, 0.25) is 0 Å². The third-order valence-corrected chi connectivity index (χ3v) is 2.85. The Labute approximate surface area is 102 Å². The maximum absolute atomic E-state index is 11.1. The van der Waals surface area contributed by atoms with Crippen molar-refractivity contribution in [2.24, 2.45) is 7.05 Å². The quantitative estimate of drug-likeness (QED) is 0.715. The van der Waals surface area contributed by atoms with Gasteiger partial charge in [-0.05, 0) is 12.1 Å². The number of aromatic amines is 1. The number of H-pyrrole nitrogens is 1. The third kappa shape index (κ3) is 1.39. The van der Waals surface area contributed by atoms with Crippen LogP contribution in [0, 0.1) is 0 Å². The van der Waals surface area contributed by atoms with E-state index in [0.29, 0.717) is 11.5 Å². The maximum atomic E-state index is 11.1. The van der Waals surface area contributed by atoms with E-state index in [1.165, 1.54) is 6.33 Å². The lowest BCUT2D eigenvalue weighted by atomic mass is 10.3. The fraction of sp³-hybridized carbons (Fsp3) is 0.0833. The maximum Gasteiger partial charge on any atom is 0.354 e. The molecule has 3 aromatic rings. The number of hydrogen-bond acceptors (Lipinski definition) is 3. The summed E-state index contributed by atoms with van der Waals surface area (Å²) in [7, 11) is 1.84. The number of carboxylic acids is 1. The number of hydrogen-bond donors (Lipinski definition) is 2. The largest absolute Gasteiger partial charge is 0.477 e. The Bertz CT molecular complexity index is 741. The van der Waals surface area contributed by atoms with E-state index in [0.717, 1.165) is 11.0 Å². The average molecular weight is 242 g/mol. The zero-order valence-electron chi connectivity index (χ0n) is 9.58. The molecule has 0 fully saturated rings. The van der Waals surface area contributed by atoms with Crippen molar-refractivity contribution in [3.8, 4) is 11.5 Å². The molecule has 0 saturated carbocycles. The molecular formula is C12H10N4O2. The fourth-order valence-electron chi connectivity index (χ4n) is 1.98. The van der Waals surface area contributed by atoms with Gasteiger partial charge in [0.05, 0.1) is 17.4 Å². The summed E-state index contributed by atoms with van der Waals surface area (Å²) in [6.45, 7) is 0. The molecule has 0 unspecified atom stereocenters. The number of para-hydroxylation sites is 2. The summed E-state index contributed by atoms with van der Waals surface area (Å²) in [6, 6.07) is 7.61. The zero-order valence-corrected chi connectivity index (χ0v) is 9.58. The van der Waals surface area contributed by atoms with Crippen LogP contribution in [0.4, 0.5) is 0 Å². The third-order valence-electron chi connectivity index (χ3n) is 2.85. The van der Waals surface area contributed by atoms with Gasteiger partial charge in [-0.1, -0.05) is 12.1 Å². The number of imidazole rings is 2. The van der Waals surface area contributed by atoms with E-state index in [1.807, 2.05) is 35.9 Å². The van der Waals surface area contributed by atoms with Crippen molar-refractivity contribution in [1.29, 1.82) is 0 Å². The van der Waals surface area contributed by atoms with Gasteiger partial charge in [0.1, 0.15) is 5.69 Å². The lowest BCUT2D eigenvalue weighted by Crippen LogP contribution is -2.02. The Kier molecular flexibility index (Phi) is 2.16. The van der Waals surface area contributed by atoms with Crippen molar-refractivity contribution in [3.05, 3.63) is 36.3 Å². The van der Waals surface area contributed by atoms with Crippen LogP contribution in [0.3, 0.4) is 0 Å². The molecule has 6 heteroatoms. The summed E-state index contributed by atoms with van der Waals surface area (Å²) in [5.41, 5.74) is 2.15. The molecule has 0 aliphatic carbocycles. The SMILES string of the molecule is Cn1c(-c2nc[nH]c2C(=O)O)nc2ccccc21. The highest BCUT2D eigenvalue weighted by molar-refractivity contribution is 5.93. The van der Waals surface area contributed by atoms with Gasteiger partial charge in [0.25, 0.3) is 0 Å². The highest BCUT2D eigenvalue weighted by Crippen LogP contribution is 2.23. The first-order chi connectivity index (χ1) is 8.68. The van der Waals surface area contributed by atoms with E-state index in [1.54, 1.807) is 0 Å². The van der Waals surface area contributed by atoms with E-state index in [2.05, 4.69) is 15.0 Å². The Morgan fingerprint density at radius 2 is 2.17 bits per heavy atom. The summed E-state index contributed by atoms with van der Waals surface area (Å²) in [5.74, 6) is -0.510. The van der Waals surface area contributed by atoms with Crippen LogP contribution in [0.5, 0.6) is 0 Å². The van der Waals surface area contributed by atoms with Crippen LogP contribution in [0.15, 0.2) is 30.6 Å². The van der Waals surface area contributed by atoms with E-state index in [-0.39, 0.29) is 5.69 Å². The Morgan fingerprint density at radius 3 is 2.89 bits per heavy atom. The molecule has 2 aromatic heterocycles. The number of benzene rings is 1. The van der Waals surface area contributed by atoms with Crippen molar-refractivity contribution in [3.63, 3.8) is 0 Å². The minimum Gasteiger partial charge on any atom is -0.477 e. The smallest absolute Gasteiger partial charge is 0.354 e. The first-order valence-corrected chi connectivity index (χ1v) is 5.37. The number of aromatic carboxylic acids is 1. The van der Waals surface area contributed by atoms with Gasteiger partial charge in [-0.2, -0.15) is 0 Å². The van der Waals surface area contributed by atoms with Crippen molar-refractivity contribution < 1.29 is 9.90 Å². The highest BCUT2D eigenvalue weighted by atomic mass is 16.4. The van der Waals surface area contributed by atoms with E-state index < -0.39 is 5.97 Å². The summed E-state index contributed by atoms with van der Waals surface area (Å²) in [4.78, 5) is 22.1. The molecule has 0 aliphatic heterocycles. The second-order valence-electron chi connectivity index (χ2n) is 3.91. The molecule has 3 rings (SSSR count). The zero-order chi connectivity index (χ0) is 12.7. The van der Waals surface area contributed by atoms with Crippen molar-refractivity contribution in [2.75, 3.05) is 0 Å². The molecule has 0 atom stereocenters. The van der Waals surface area contributed by atoms with Crippen LogP contribution >= 0.6 is 0 Å². The predicted octanol–water partition coefficient (Wildman–Crippen LogP) is 1.66. The minimum absolute atomic E-state index is 0.0495. The van der Waals surface area contributed by atoms with Crippen LogP contribution in [0.1, 0.15) is 10.5 Å². The number of aromatic nitrogens is 4. The Hall–Kier alpha value is -2.63. The molecule has 18 heavy (non-hydrogen) atoms. The number of rotatable bonds is 2. The van der Waals surface area contributed by atoms with E-state index in [9.17, 15) is 4.79 Å². The molecule has 2 heterocycles.